The van der Waals surface area contributed by atoms with Crippen molar-refractivity contribution >= 4 is 0 Å². The molecule has 2 heterocycles. The van der Waals surface area contributed by atoms with E-state index in [9.17, 15) is 0 Å². The minimum Gasteiger partial charge on any atom is -0.408 e. The Morgan fingerprint density at radius 3 is 1.30 bits per heavy atom. The van der Waals surface area contributed by atoms with Gasteiger partial charge in [-0.15, -0.1) is 0 Å². The van der Waals surface area contributed by atoms with E-state index in [1.54, 1.807) is 0 Å². The molecule has 2 aliphatic rings. The maximum absolute atomic E-state index is 4.95. The molecule has 166 valence electrons. The van der Waals surface area contributed by atoms with E-state index in [1.165, 1.54) is 24.0 Å². The van der Waals surface area contributed by atoms with Crippen molar-refractivity contribution in [3.05, 3.63) is 86.1 Å². The predicted molar refractivity (Wildman–Crippen MR) is 125 cm³/mol. The Balaban J connectivity index is -0.000000169. The molecule has 30 heavy (non-hydrogen) atoms. The third kappa shape index (κ3) is 24.8. The Morgan fingerprint density at radius 1 is 0.767 bits per heavy atom. The van der Waals surface area contributed by atoms with Crippen molar-refractivity contribution in [2.24, 2.45) is 0 Å². The van der Waals surface area contributed by atoms with Crippen molar-refractivity contribution in [2.45, 2.75) is 66.1 Å². The molecular formula is C26H42O2Y2-2. The van der Waals surface area contributed by atoms with Gasteiger partial charge in [0.25, 0.3) is 0 Å². The summed E-state index contributed by atoms with van der Waals surface area (Å²) in [7, 11) is 0. The molecule has 2 fully saturated rings. The molecule has 2 nitrogen and oxygen atoms in total. The van der Waals surface area contributed by atoms with Gasteiger partial charge in [-0.2, -0.15) is 0 Å². The molecule has 2 atom stereocenters. The summed E-state index contributed by atoms with van der Waals surface area (Å²) in [5.74, 6) is 0. The van der Waals surface area contributed by atoms with Crippen LogP contribution in [0.5, 0.6) is 0 Å². The summed E-state index contributed by atoms with van der Waals surface area (Å²) in [4.78, 5) is 0. The molecule has 2 aromatic carbocycles. The van der Waals surface area contributed by atoms with Crippen LogP contribution in [-0.4, -0.2) is 25.4 Å². The summed E-state index contributed by atoms with van der Waals surface area (Å²) in [6.07, 6.45) is 4.54. The molecule has 0 aliphatic carbocycles. The van der Waals surface area contributed by atoms with Crippen LogP contribution in [0.15, 0.2) is 60.7 Å². The zero-order chi connectivity index (χ0) is 20.3. The van der Waals surface area contributed by atoms with Crippen LogP contribution in [0.3, 0.4) is 0 Å². The van der Waals surface area contributed by atoms with Crippen molar-refractivity contribution < 1.29 is 74.9 Å². The van der Waals surface area contributed by atoms with Crippen LogP contribution in [0, 0.1) is 14.4 Å². The summed E-state index contributed by atoms with van der Waals surface area (Å²) in [5, 5.41) is 0. The summed E-state index contributed by atoms with van der Waals surface area (Å²) >= 11 is 0. The molecule has 4 rings (SSSR count). The first-order valence-electron chi connectivity index (χ1n) is 10.4. The normalized spacial score (nSPS) is 16.1. The molecule has 0 N–H and O–H groups in total. The maximum Gasteiger partial charge on any atom is 0.0809 e. The van der Waals surface area contributed by atoms with Crippen molar-refractivity contribution in [3.8, 4) is 0 Å². The van der Waals surface area contributed by atoms with E-state index in [0.717, 1.165) is 19.6 Å². The molecule has 2 unspecified atom stereocenters. The second-order valence-corrected chi connectivity index (χ2v) is 5.85. The van der Waals surface area contributed by atoms with Crippen molar-refractivity contribution in [1.82, 2.24) is 0 Å². The summed E-state index contributed by atoms with van der Waals surface area (Å²) in [6.45, 7) is 15.6. The molecule has 0 amide bonds. The average molecular weight is 564 g/mol. The first-order chi connectivity index (χ1) is 13.3. The van der Waals surface area contributed by atoms with Crippen LogP contribution in [-0.2, 0) is 81.3 Å². The first-order valence-corrected chi connectivity index (χ1v) is 10.4. The monoisotopic (exact) mass is 564 g/mol. The Bertz CT molecular complexity index is 490. The van der Waals surface area contributed by atoms with Gasteiger partial charge in [-0.25, -0.2) is 0 Å². The van der Waals surface area contributed by atoms with Crippen molar-refractivity contribution in [3.63, 3.8) is 0 Å². The molecule has 0 bridgehead atoms. The minimum absolute atomic E-state index is 0. The number of benzene rings is 2. The molecule has 0 spiro atoms. The van der Waals surface area contributed by atoms with Crippen LogP contribution in [0.1, 0.15) is 58.6 Å². The molecule has 0 saturated carbocycles. The molecule has 2 aliphatic heterocycles. The zero-order valence-electron chi connectivity index (χ0n) is 20.1. The molecule has 4 heteroatoms. The van der Waals surface area contributed by atoms with Gasteiger partial charge in [-0.05, 0) is 30.1 Å². The first kappa shape index (κ1) is 37.9. The van der Waals surface area contributed by atoms with E-state index >= 15 is 0 Å². The van der Waals surface area contributed by atoms with Gasteiger partial charge in [-0.1, -0.05) is 102 Å². The molecule has 0 aromatic heterocycles. The quantitative estimate of drug-likeness (QED) is 0.291. The Kier molecular flexibility index (Phi) is 34.8. The van der Waals surface area contributed by atoms with Crippen LogP contribution >= 0.6 is 0 Å². The zero-order valence-corrected chi connectivity index (χ0v) is 25.8. The average Bonchev–Trinajstić information content (AvgIpc) is 3.67. The van der Waals surface area contributed by atoms with Gasteiger partial charge in [0, 0.05) is 72.0 Å². The SMILES string of the molecule is CC.CC.CCCC1CO1.[CH2-]C1CO1.[CH3-].[Y].[Y].c1ccc(Cc2ccccc2)cc1. The van der Waals surface area contributed by atoms with Crippen molar-refractivity contribution in [2.75, 3.05) is 13.2 Å². The van der Waals surface area contributed by atoms with E-state index in [1.807, 2.05) is 27.7 Å². The van der Waals surface area contributed by atoms with Crippen molar-refractivity contribution in [1.29, 1.82) is 0 Å². The van der Waals surface area contributed by atoms with Crippen LogP contribution in [0.25, 0.3) is 0 Å². The van der Waals surface area contributed by atoms with Crippen LogP contribution < -0.4 is 0 Å². The second-order valence-electron chi connectivity index (χ2n) is 5.85. The van der Waals surface area contributed by atoms with E-state index in [-0.39, 0.29) is 72.8 Å². The Hall–Kier alpha value is 0.568. The number of ether oxygens (including phenoxy) is 2. The van der Waals surface area contributed by atoms with Gasteiger partial charge in [0.1, 0.15) is 0 Å². The van der Waals surface area contributed by atoms with Gasteiger partial charge in [-0.3, -0.25) is 0 Å². The number of rotatable bonds is 4. The van der Waals surface area contributed by atoms with Gasteiger partial charge in [0.2, 0.25) is 0 Å². The smallest absolute Gasteiger partial charge is 0.0809 e. The fraction of sp³-hybridized carbons (Fsp3) is 0.462. The molecule has 2 aromatic rings. The maximum atomic E-state index is 4.95. The van der Waals surface area contributed by atoms with Gasteiger partial charge >= 0.3 is 0 Å². The molecule has 2 radical (unpaired) electrons. The minimum atomic E-state index is 0. The third-order valence-electron chi connectivity index (χ3n) is 3.51. The van der Waals surface area contributed by atoms with E-state index in [0.29, 0.717) is 12.2 Å². The van der Waals surface area contributed by atoms with Gasteiger partial charge < -0.3 is 23.8 Å². The van der Waals surface area contributed by atoms with E-state index in [4.69, 9.17) is 4.74 Å². The molecular weight excluding hydrogens is 522 g/mol. The Labute approximate surface area is 238 Å². The van der Waals surface area contributed by atoms with E-state index < -0.39 is 0 Å². The summed E-state index contributed by atoms with van der Waals surface area (Å²) in [5.41, 5.74) is 2.74. The van der Waals surface area contributed by atoms with Crippen LogP contribution in [0.2, 0.25) is 0 Å². The van der Waals surface area contributed by atoms with Gasteiger partial charge in [0.15, 0.2) is 0 Å². The largest absolute Gasteiger partial charge is 0.408 e. The number of epoxide rings is 2. The number of hydrogen-bond acceptors (Lipinski definition) is 2. The topological polar surface area (TPSA) is 25.1 Å². The fourth-order valence-electron chi connectivity index (χ4n) is 2.05. The molecule has 2 saturated heterocycles. The fourth-order valence-corrected chi connectivity index (χ4v) is 2.05. The standard InChI is InChI=1S/C13H12.C5H10O.C3H5O.2C2H6.CH3.2Y/c1-3-7-12(8-4-1)11-13-9-5-2-6-10-13;1-2-3-5-4-6-5;1-3-2-4-3;2*1-2;;;/h1-10H,11H2;5H,2-4H2,1H3;3H,1-2H2;2*1-2H3;1H3;;/q;;-1;;;-1;;. The predicted octanol–water partition coefficient (Wildman–Crippen LogP) is 7.18. The van der Waals surface area contributed by atoms with Gasteiger partial charge in [0.05, 0.1) is 12.7 Å². The third-order valence-corrected chi connectivity index (χ3v) is 3.51. The number of hydrogen-bond donors (Lipinski definition) is 0. The summed E-state index contributed by atoms with van der Waals surface area (Å²) in [6, 6.07) is 21.1. The second kappa shape index (κ2) is 27.6. The van der Waals surface area contributed by atoms with Crippen LogP contribution in [0.4, 0.5) is 0 Å². The Morgan fingerprint density at radius 2 is 1.10 bits per heavy atom. The summed E-state index contributed by atoms with van der Waals surface area (Å²) < 4.78 is 9.55. The van der Waals surface area contributed by atoms with E-state index in [2.05, 4.69) is 79.2 Å².